The van der Waals surface area contributed by atoms with Gasteiger partial charge in [-0.3, -0.25) is 15.0 Å². The average molecular weight is 317 g/mol. The van der Waals surface area contributed by atoms with Crippen LogP contribution in [0.1, 0.15) is 36.8 Å². The Balaban J connectivity index is 2.28. The van der Waals surface area contributed by atoms with E-state index in [1.165, 1.54) is 6.08 Å². The number of nitrogens with one attached hydrogen (secondary N) is 2. The Morgan fingerprint density at radius 3 is 2.48 bits per heavy atom. The van der Waals surface area contributed by atoms with Crippen LogP contribution in [0.3, 0.4) is 0 Å². The number of nitrogen functional groups attached to an aromatic ring is 1. The van der Waals surface area contributed by atoms with E-state index in [-0.39, 0.29) is 18.2 Å². The smallest absolute Gasteiger partial charge is 0.305 e. The van der Waals surface area contributed by atoms with Gasteiger partial charge in [-0.2, -0.15) is 0 Å². The minimum atomic E-state index is -0.968. The molecule has 1 aromatic rings. The van der Waals surface area contributed by atoms with E-state index in [1.54, 1.807) is 0 Å². The van der Waals surface area contributed by atoms with Crippen LogP contribution in [0.5, 0.6) is 0 Å². The lowest BCUT2D eigenvalue weighted by Gasteiger charge is -2.12. The number of carbonyl (C=O) groups excluding carboxylic acids is 1. The van der Waals surface area contributed by atoms with Gasteiger partial charge in [0, 0.05) is 12.0 Å². The van der Waals surface area contributed by atoms with E-state index in [0.717, 1.165) is 24.8 Å². The Morgan fingerprint density at radius 1 is 1.30 bits per heavy atom. The van der Waals surface area contributed by atoms with Crippen LogP contribution in [-0.4, -0.2) is 28.9 Å². The maximum Gasteiger partial charge on any atom is 0.305 e. The van der Waals surface area contributed by atoms with E-state index in [0.29, 0.717) is 12.0 Å². The van der Waals surface area contributed by atoms with Gasteiger partial charge < -0.3 is 16.2 Å². The van der Waals surface area contributed by atoms with Crippen LogP contribution >= 0.6 is 0 Å². The van der Waals surface area contributed by atoms with Gasteiger partial charge in [0.1, 0.15) is 5.84 Å². The summed E-state index contributed by atoms with van der Waals surface area (Å²) in [5.74, 6) is -1.08. The third kappa shape index (κ3) is 7.26. The minimum absolute atomic E-state index is 0.0476. The molecular weight excluding hydrogens is 294 g/mol. The zero-order chi connectivity index (χ0) is 17.2. The number of unbranched alkanes of at least 4 members (excludes halogenated alkanes) is 1. The zero-order valence-corrected chi connectivity index (χ0v) is 13.0. The summed E-state index contributed by atoms with van der Waals surface area (Å²) in [6.45, 7) is 3.52. The van der Waals surface area contributed by atoms with Crippen LogP contribution in [0.4, 0.5) is 0 Å². The van der Waals surface area contributed by atoms with Gasteiger partial charge in [-0.1, -0.05) is 30.3 Å². The summed E-state index contributed by atoms with van der Waals surface area (Å²) in [4.78, 5) is 22.3. The lowest BCUT2D eigenvalue weighted by atomic mass is 10.0. The second-order valence-corrected chi connectivity index (χ2v) is 5.33. The fraction of sp³-hybridized carbons (Fsp3) is 0.353. The van der Waals surface area contributed by atoms with Crippen LogP contribution in [0, 0.1) is 5.41 Å². The number of carboxylic acid groups (broad SMARTS) is 1. The number of hydrogen-bond donors (Lipinski definition) is 4. The fourth-order valence-corrected chi connectivity index (χ4v) is 2.13. The lowest BCUT2D eigenvalue weighted by Crippen LogP contribution is -2.34. The molecule has 0 radical (unpaired) electrons. The number of hydrogen-bond acceptors (Lipinski definition) is 3. The Bertz CT molecular complexity index is 567. The van der Waals surface area contributed by atoms with Crippen molar-refractivity contribution in [2.75, 3.05) is 0 Å². The van der Waals surface area contributed by atoms with Crippen LogP contribution in [-0.2, 0) is 16.0 Å². The number of carboxylic acids is 1. The SMILES string of the molecule is C=CC(CC(=O)O)NC(=O)CCCCc1ccc(C(=N)N)cc1. The van der Waals surface area contributed by atoms with Crippen molar-refractivity contribution in [1.82, 2.24) is 5.32 Å². The number of carbonyl (C=O) groups is 2. The third-order valence-corrected chi connectivity index (χ3v) is 3.41. The molecule has 1 rings (SSSR count). The first-order chi connectivity index (χ1) is 10.9. The summed E-state index contributed by atoms with van der Waals surface area (Å²) >= 11 is 0. The van der Waals surface area contributed by atoms with Crippen molar-refractivity contribution in [3.05, 3.63) is 48.0 Å². The molecule has 23 heavy (non-hydrogen) atoms. The molecule has 6 heteroatoms. The van der Waals surface area contributed by atoms with Gasteiger partial charge in [-0.15, -0.1) is 6.58 Å². The summed E-state index contributed by atoms with van der Waals surface area (Å²) < 4.78 is 0. The van der Waals surface area contributed by atoms with Gasteiger partial charge in [-0.05, 0) is 24.8 Å². The van der Waals surface area contributed by atoms with E-state index in [1.807, 2.05) is 24.3 Å². The molecule has 5 N–H and O–H groups in total. The minimum Gasteiger partial charge on any atom is -0.481 e. The second-order valence-electron chi connectivity index (χ2n) is 5.33. The zero-order valence-electron chi connectivity index (χ0n) is 13.0. The van der Waals surface area contributed by atoms with Crippen molar-refractivity contribution in [3.8, 4) is 0 Å². The summed E-state index contributed by atoms with van der Waals surface area (Å²) in [5.41, 5.74) is 7.22. The molecule has 0 aliphatic rings. The molecule has 0 saturated carbocycles. The number of aryl methyl sites for hydroxylation is 1. The normalized spacial score (nSPS) is 11.5. The van der Waals surface area contributed by atoms with Crippen molar-refractivity contribution >= 4 is 17.7 Å². The highest BCUT2D eigenvalue weighted by Gasteiger charge is 2.12. The van der Waals surface area contributed by atoms with Crippen LogP contribution in [0.25, 0.3) is 0 Å². The molecule has 0 aromatic heterocycles. The molecule has 0 heterocycles. The van der Waals surface area contributed by atoms with Crippen molar-refractivity contribution < 1.29 is 14.7 Å². The molecule has 0 aliphatic heterocycles. The van der Waals surface area contributed by atoms with Gasteiger partial charge in [-0.25, -0.2) is 0 Å². The predicted molar refractivity (Wildman–Crippen MR) is 89.4 cm³/mol. The standard InChI is InChI=1S/C17H23N3O3/c1-2-14(11-16(22)23)20-15(21)6-4-3-5-12-7-9-13(10-8-12)17(18)19/h2,7-10,14H,1,3-6,11H2,(H3,18,19)(H,20,21)(H,22,23). The van der Waals surface area contributed by atoms with Crippen LogP contribution in [0.2, 0.25) is 0 Å². The number of rotatable bonds is 10. The predicted octanol–water partition coefficient (Wildman–Crippen LogP) is 1.83. The number of amidine groups is 1. The van der Waals surface area contributed by atoms with Crippen LogP contribution < -0.4 is 11.1 Å². The fourth-order valence-electron chi connectivity index (χ4n) is 2.13. The quantitative estimate of drug-likeness (QED) is 0.228. The molecule has 1 aromatic carbocycles. The molecule has 1 unspecified atom stereocenters. The molecule has 1 atom stereocenters. The Labute approximate surface area is 135 Å². The van der Waals surface area contributed by atoms with Gasteiger partial charge in [0.25, 0.3) is 0 Å². The Kier molecular flexibility index (Phi) is 7.53. The van der Waals surface area contributed by atoms with Crippen molar-refractivity contribution in [3.63, 3.8) is 0 Å². The number of benzene rings is 1. The van der Waals surface area contributed by atoms with Gasteiger partial charge in [0.15, 0.2) is 0 Å². The summed E-state index contributed by atoms with van der Waals surface area (Å²) in [6, 6.07) is 6.95. The summed E-state index contributed by atoms with van der Waals surface area (Å²) in [7, 11) is 0. The monoisotopic (exact) mass is 317 g/mol. The third-order valence-electron chi connectivity index (χ3n) is 3.41. The molecule has 0 bridgehead atoms. The molecule has 0 aliphatic carbocycles. The van der Waals surface area contributed by atoms with Gasteiger partial charge in [0.2, 0.25) is 5.91 Å². The highest BCUT2D eigenvalue weighted by molar-refractivity contribution is 5.94. The molecular formula is C17H23N3O3. The molecule has 0 spiro atoms. The topological polar surface area (TPSA) is 116 Å². The molecule has 124 valence electrons. The van der Waals surface area contributed by atoms with Crippen LogP contribution in [0.15, 0.2) is 36.9 Å². The number of amides is 1. The van der Waals surface area contributed by atoms with E-state index in [9.17, 15) is 9.59 Å². The molecule has 6 nitrogen and oxygen atoms in total. The Hall–Kier alpha value is -2.63. The first-order valence-corrected chi connectivity index (χ1v) is 7.49. The molecule has 1 amide bonds. The Morgan fingerprint density at radius 2 is 1.96 bits per heavy atom. The maximum absolute atomic E-state index is 11.7. The lowest BCUT2D eigenvalue weighted by molar-refractivity contribution is -0.137. The number of nitrogens with two attached hydrogens (primary N) is 1. The van der Waals surface area contributed by atoms with Crippen molar-refractivity contribution in [1.29, 1.82) is 5.41 Å². The van der Waals surface area contributed by atoms with Crippen molar-refractivity contribution in [2.24, 2.45) is 5.73 Å². The second kappa shape index (κ2) is 9.40. The maximum atomic E-state index is 11.7. The van der Waals surface area contributed by atoms with E-state index in [4.69, 9.17) is 16.2 Å². The van der Waals surface area contributed by atoms with Gasteiger partial charge >= 0.3 is 5.97 Å². The van der Waals surface area contributed by atoms with E-state index >= 15 is 0 Å². The van der Waals surface area contributed by atoms with E-state index in [2.05, 4.69) is 11.9 Å². The first kappa shape index (κ1) is 18.4. The van der Waals surface area contributed by atoms with E-state index < -0.39 is 12.0 Å². The van der Waals surface area contributed by atoms with Gasteiger partial charge in [0.05, 0.1) is 12.5 Å². The average Bonchev–Trinajstić information content (AvgIpc) is 2.50. The summed E-state index contributed by atoms with van der Waals surface area (Å²) in [6.07, 6.45) is 4.04. The number of aliphatic carboxylic acids is 1. The first-order valence-electron chi connectivity index (χ1n) is 7.49. The molecule has 0 saturated heterocycles. The summed E-state index contributed by atoms with van der Waals surface area (Å²) in [5, 5.41) is 18.7. The highest BCUT2D eigenvalue weighted by atomic mass is 16.4. The molecule has 0 fully saturated rings. The highest BCUT2D eigenvalue weighted by Crippen LogP contribution is 2.09. The largest absolute Gasteiger partial charge is 0.481 e. The van der Waals surface area contributed by atoms with Crippen molar-refractivity contribution in [2.45, 2.75) is 38.1 Å².